The van der Waals surface area contributed by atoms with Gasteiger partial charge in [-0.15, -0.1) is 15.3 Å². The second kappa shape index (κ2) is 28.5. The summed E-state index contributed by atoms with van der Waals surface area (Å²) < 4.78 is 16.7. The number of benzene rings is 3. The van der Waals surface area contributed by atoms with Gasteiger partial charge in [0.15, 0.2) is 0 Å². The van der Waals surface area contributed by atoms with E-state index in [2.05, 4.69) is 80.6 Å². The number of hydrogen-bond donors (Lipinski definition) is 3. The average Bonchev–Trinajstić information content (AvgIpc) is 1.99. The number of ether oxygens (including phenoxy) is 1. The quantitative estimate of drug-likeness (QED) is 0.0601. The van der Waals surface area contributed by atoms with Crippen molar-refractivity contribution in [2.45, 2.75) is 94.3 Å². The third-order valence-electron chi connectivity index (χ3n) is 14.8. The molecule has 0 aliphatic heterocycles. The molecule has 0 bridgehead atoms. The van der Waals surface area contributed by atoms with Crippen molar-refractivity contribution in [2.24, 2.45) is 0 Å². The molecule has 9 aromatic heterocycles. The van der Waals surface area contributed by atoms with Crippen molar-refractivity contribution in [3.8, 4) is 33.8 Å². The van der Waals surface area contributed by atoms with Crippen LogP contribution in [-0.2, 0) is 24.4 Å². The van der Waals surface area contributed by atoms with Crippen LogP contribution in [0.4, 0.5) is 17.1 Å². The topological polar surface area (TPSA) is 244 Å². The Hall–Kier alpha value is -10.5. The van der Waals surface area contributed by atoms with Gasteiger partial charge in [-0.3, -0.25) is 23.7 Å². The Kier molecular flexibility index (Phi) is 19.8. The van der Waals surface area contributed by atoms with Crippen LogP contribution in [0.5, 0.6) is 0 Å². The highest BCUT2D eigenvalue weighted by Gasteiger charge is 2.19. The molecule has 3 amide bonds. The molecule has 0 spiro atoms. The van der Waals surface area contributed by atoms with Gasteiger partial charge in [-0.05, 0) is 141 Å². The van der Waals surface area contributed by atoms with Gasteiger partial charge in [-0.2, -0.15) is 0 Å². The van der Waals surface area contributed by atoms with E-state index in [-0.39, 0.29) is 17.7 Å². The Bertz CT molecular complexity index is 4430. The predicted molar refractivity (Wildman–Crippen MR) is 349 cm³/mol. The van der Waals surface area contributed by atoms with Crippen LogP contribution in [-0.4, -0.2) is 130 Å². The highest BCUT2D eigenvalue weighted by Crippen LogP contribution is 2.25. The second-order valence-electron chi connectivity index (χ2n) is 22.3. The molecule has 12 rings (SSSR count). The smallest absolute Gasteiger partial charge is 0.259 e. The maximum atomic E-state index is 12.8. The van der Waals surface area contributed by atoms with Crippen molar-refractivity contribution in [1.82, 2.24) is 78.0 Å². The van der Waals surface area contributed by atoms with E-state index in [1.165, 1.54) is 0 Å². The van der Waals surface area contributed by atoms with Crippen LogP contribution in [0.3, 0.4) is 0 Å². The van der Waals surface area contributed by atoms with Gasteiger partial charge in [0.1, 0.15) is 34.0 Å². The lowest BCUT2D eigenvalue weighted by Crippen LogP contribution is -2.18. The van der Waals surface area contributed by atoms with Gasteiger partial charge in [0, 0.05) is 106 Å². The van der Waals surface area contributed by atoms with E-state index in [4.69, 9.17) is 4.74 Å². The van der Waals surface area contributed by atoms with Crippen LogP contribution in [0.15, 0.2) is 146 Å². The summed E-state index contributed by atoms with van der Waals surface area (Å²) in [5, 5.41) is 34.0. The largest absolute Gasteiger partial charge is 0.380 e. The molecule has 0 unspecified atom stereocenters. The summed E-state index contributed by atoms with van der Waals surface area (Å²) in [6, 6.07) is 34.1. The van der Waals surface area contributed by atoms with E-state index in [0.29, 0.717) is 58.2 Å². The number of aryl methyl sites for hydroxylation is 7. The highest BCUT2D eigenvalue weighted by atomic mass is 16.5. The highest BCUT2D eigenvalue weighted by molar-refractivity contribution is 6.10. The zero-order valence-corrected chi connectivity index (χ0v) is 52.5. The van der Waals surface area contributed by atoms with Crippen LogP contribution in [0, 0.1) is 41.5 Å². The number of hydrogen-bond acceptors (Lipinski definition) is 14. The van der Waals surface area contributed by atoms with Crippen molar-refractivity contribution < 1.29 is 19.1 Å². The molecule has 462 valence electrons. The monoisotopic (exact) mass is 1210 g/mol. The first-order valence-electron chi connectivity index (χ1n) is 30.0. The summed E-state index contributed by atoms with van der Waals surface area (Å²) in [5.74, 6) is -0.550. The maximum Gasteiger partial charge on any atom is 0.259 e. The van der Waals surface area contributed by atoms with Crippen molar-refractivity contribution in [3.05, 3.63) is 197 Å². The molecule has 3 N–H and O–H groups in total. The lowest BCUT2D eigenvalue weighted by Gasteiger charge is -2.08. The fraction of sp³-hybridized carbons (Fsp3) is 0.284. The number of nitrogens with one attached hydrogen (secondary N) is 3. The van der Waals surface area contributed by atoms with Gasteiger partial charge in [0.2, 0.25) is 0 Å². The number of aromatic nitrogens is 15. The number of amides is 3. The first-order chi connectivity index (χ1) is 43.5. The molecule has 0 fully saturated rings. The zero-order chi connectivity index (χ0) is 63.4. The first kappa shape index (κ1) is 62.5. The van der Waals surface area contributed by atoms with Gasteiger partial charge in [0.25, 0.3) is 17.7 Å². The van der Waals surface area contributed by atoms with Crippen molar-refractivity contribution in [2.75, 3.05) is 49.8 Å². The van der Waals surface area contributed by atoms with Gasteiger partial charge in [-0.25, -0.2) is 19.6 Å². The predicted octanol–water partition coefficient (Wildman–Crippen LogP) is 11.2. The van der Waals surface area contributed by atoms with Gasteiger partial charge in [0.05, 0.1) is 55.0 Å². The fourth-order valence-electron chi connectivity index (χ4n) is 10.1. The lowest BCUT2D eigenvalue weighted by atomic mass is 10.1. The second-order valence-corrected chi connectivity index (χ2v) is 22.3. The number of likely N-dealkylation sites (N-methyl/N-ethyl adjacent to an activating group) is 1. The number of nitrogens with zero attached hydrogens (tertiary/aromatic N) is 16. The molecule has 0 aliphatic carbocycles. The summed E-state index contributed by atoms with van der Waals surface area (Å²) in [4.78, 5) is 54.1. The Morgan fingerprint density at radius 3 is 1.12 bits per heavy atom. The van der Waals surface area contributed by atoms with Gasteiger partial charge < -0.3 is 38.8 Å². The minimum Gasteiger partial charge on any atom is -0.380 e. The van der Waals surface area contributed by atoms with E-state index in [1.807, 2.05) is 206 Å². The third kappa shape index (κ3) is 15.2. The van der Waals surface area contributed by atoms with E-state index in [1.54, 1.807) is 22.9 Å². The number of rotatable bonds is 20. The molecule has 0 saturated carbocycles. The molecule has 23 nitrogen and oxygen atoms in total. The van der Waals surface area contributed by atoms with Crippen LogP contribution >= 0.6 is 0 Å². The molecule has 3 aromatic carbocycles. The average molecular weight is 1210 g/mol. The van der Waals surface area contributed by atoms with E-state index >= 15 is 0 Å². The molecule has 23 heteroatoms. The van der Waals surface area contributed by atoms with E-state index in [0.717, 1.165) is 119 Å². The van der Waals surface area contributed by atoms with Crippen LogP contribution in [0.1, 0.15) is 98.3 Å². The van der Waals surface area contributed by atoms with E-state index in [9.17, 15) is 14.4 Å². The Morgan fingerprint density at radius 1 is 0.444 bits per heavy atom. The van der Waals surface area contributed by atoms with Gasteiger partial charge in [-0.1, -0.05) is 72.3 Å². The van der Waals surface area contributed by atoms with Crippen LogP contribution in [0.25, 0.3) is 50.7 Å². The van der Waals surface area contributed by atoms with E-state index < -0.39 is 0 Å². The molecular weight excluding hydrogens is 1130 g/mol. The van der Waals surface area contributed by atoms with Gasteiger partial charge >= 0.3 is 0 Å². The van der Waals surface area contributed by atoms with Crippen molar-refractivity contribution >= 4 is 51.7 Å². The number of carbonyl (C=O) groups excluding carboxylic acids is 3. The third-order valence-corrected chi connectivity index (χ3v) is 14.8. The van der Waals surface area contributed by atoms with Crippen LogP contribution in [0.2, 0.25) is 0 Å². The van der Waals surface area contributed by atoms with Crippen molar-refractivity contribution in [1.29, 1.82) is 0 Å². The fourth-order valence-corrected chi connectivity index (χ4v) is 10.1. The summed E-state index contributed by atoms with van der Waals surface area (Å²) in [6.07, 6.45) is 14.6. The maximum absolute atomic E-state index is 12.8. The molecule has 0 saturated heterocycles. The summed E-state index contributed by atoms with van der Waals surface area (Å²) in [5.41, 5.74) is 16.8. The molecular formula is C67H75N19O4. The minimum atomic E-state index is -0.189. The summed E-state index contributed by atoms with van der Waals surface area (Å²) in [6.45, 7) is 20.6. The number of unbranched alkanes of at least 4 members (excludes halogenated alkanes) is 1. The molecule has 9 heterocycles. The van der Waals surface area contributed by atoms with Crippen LogP contribution < -0.4 is 16.0 Å². The zero-order valence-electron chi connectivity index (χ0n) is 52.5. The number of carbonyl (C=O) groups is 3. The van der Waals surface area contributed by atoms with Crippen molar-refractivity contribution in [3.63, 3.8) is 0 Å². The lowest BCUT2D eigenvalue weighted by molar-refractivity contribution is 0.102. The standard InChI is InChI=1S/C23H26N6O2.C22H25N7O.C22H24N6O/c1-4-12-31-13-11-28-15-21(26-27-28)18-5-7-19(8-6-18)25-23(30)20-9-10-29-17(3)14-16(2)24-22(20)29;1-15-13-16(2)29-10-9-19(21(29)23-15)22(30)24-18-7-5-17(6-8-18)20-14-28(26-25-20)12-11-27(3)4;1-4-5-11-27-14-20(25-26-27)17-6-8-18(9-7-17)24-22(29)19-10-12-28-16(3)13-15(2)23-21(19)28/h5-10,14-15H,4,11-13H2,1-3H3,(H,25,30);5-10,13-14H,11-12H2,1-4H3,(H,24,30);6-10,12-14H,4-5,11H2,1-3H3,(H,24,29). The first-order valence-corrected chi connectivity index (χ1v) is 30.0. The molecule has 12 aromatic rings. The number of fused-ring (bicyclic) bond motifs is 3. The Balaban J connectivity index is 0.000000149. The number of anilines is 3. The minimum absolute atomic E-state index is 0.178. The molecule has 0 radical (unpaired) electrons. The molecule has 0 aliphatic rings. The Morgan fingerprint density at radius 2 is 0.789 bits per heavy atom. The SMILES string of the molecule is CCCCn1cc(-c2ccc(NC(=O)c3ccn4c(C)cc(C)nc34)cc2)nn1.CCCOCCn1cc(-c2ccc(NC(=O)c3ccn4c(C)cc(C)nc34)cc2)nn1.Cc1cc(C)n2ccc(C(=O)Nc3ccc(-c4cn(CCN(C)C)nn4)cc3)c2n1. The molecule has 90 heavy (non-hydrogen) atoms. The Labute approximate surface area is 521 Å². The summed E-state index contributed by atoms with van der Waals surface area (Å²) in [7, 11) is 4.06. The molecule has 0 atom stereocenters. The summed E-state index contributed by atoms with van der Waals surface area (Å²) >= 11 is 0. The normalized spacial score (nSPS) is 11.2.